The van der Waals surface area contributed by atoms with Gasteiger partial charge in [0.1, 0.15) is 5.69 Å². The van der Waals surface area contributed by atoms with Gasteiger partial charge in [-0.3, -0.25) is 9.59 Å². The van der Waals surface area contributed by atoms with Crippen molar-refractivity contribution in [2.24, 2.45) is 5.92 Å². The molecule has 4 rings (SSSR count). The van der Waals surface area contributed by atoms with Crippen LogP contribution in [0.1, 0.15) is 24.1 Å². The molecular weight excluding hydrogens is 472 g/mol. The summed E-state index contributed by atoms with van der Waals surface area (Å²) in [6.07, 6.45) is -0.181. The Hall–Kier alpha value is -3.49. The van der Waals surface area contributed by atoms with E-state index in [4.69, 9.17) is 0 Å². The van der Waals surface area contributed by atoms with Crippen LogP contribution in [-0.4, -0.2) is 26.7 Å². The predicted molar refractivity (Wildman–Crippen MR) is 131 cm³/mol. The Morgan fingerprint density at radius 3 is 2.34 bits per heavy atom. The predicted octanol–water partition coefficient (Wildman–Crippen LogP) is 5.23. The first-order valence-corrected chi connectivity index (χ1v) is 11.9. The van der Waals surface area contributed by atoms with E-state index >= 15 is 0 Å². The molecule has 0 unspecified atom stereocenters. The Morgan fingerprint density at radius 2 is 1.63 bits per heavy atom. The van der Waals surface area contributed by atoms with Crippen LogP contribution in [0.2, 0.25) is 0 Å². The normalized spacial score (nSPS) is 13.0. The molecule has 0 aliphatic rings. The molecule has 0 saturated heterocycles. The van der Waals surface area contributed by atoms with Crippen LogP contribution in [0.4, 0.5) is 8.78 Å². The van der Waals surface area contributed by atoms with Crippen molar-refractivity contribution in [3.05, 3.63) is 99.8 Å². The second kappa shape index (κ2) is 10.8. The number of rotatable bonds is 9. The Labute approximate surface area is 204 Å². The van der Waals surface area contributed by atoms with Crippen molar-refractivity contribution in [1.82, 2.24) is 4.37 Å². The lowest BCUT2D eigenvalue weighted by molar-refractivity contribution is -0.146. The van der Waals surface area contributed by atoms with Gasteiger partial charge in [-0.2, -0.15) is 4.37 Å². The van der Waals surface area contributed by atoms with Gasteiger partial charge in [-0.15, -0.1) is 0 Å². The highest BCUT2D eigenvalue weighted by Gasteiger charge is 2.26. The van der Waals surface area contributed by atoms with Gasteiger partial charge in [-0.25, -0.2) is 8.78 Å². The van der Waals surface area contributed by atoms with Gasteiger partial charge in [0.2, 0.25) is 5.43 Å². The van der Waals surface area contributed by atoms with Crippen molar-refractivity contribution in [2.45, 2.75) is 31.8 Å². The molecule has 1 heterocycles. The minimum absolute atomic E-state index is 0.0961. The van der Waals surface area contributed by atoms with Gasteiger partial charge >= 0.3 is 5.97 Å². The van der Waals surface area contributed by atoms with Crippen LogP contribution in [0.5, 0.6) is 0 Å². The molecular formula is C27H23F2NO4S. The Bertz CT molecular complexity index is 1400. The fraction of sp³-hybridized carbons (Fsp3) is 0.222. The van der Waals surface area contributed by atoms with Crippen LogP contribution < -0.4 is 5.43 Å². The number of aryl methyl sites for hydroxylation is 2. The summed E-state index contributed by atoms with van der Waals surface area (Å²) in [7, 11) is 0. The monoisotopic (exact) mass is 495 g/mol. The minimum atomic E-state index is -1.12. The Morgan fingerprint density at radius 1 is 0.914 bits per heavy atom. The van der Waals surface area contributed by atoms with E-state index in [1.807, 2.05) is 24.3 Å². The van der Waals surface area contributed by atoms with Crippen LogP contribution in [0.3, 0.4) is 0 Å². The molecule has 4 aromatic rings. The number of aliphatic hydroxyl groups is 1. The van der Waals surface area contributed by atoms with Crippen LogP contribution in [0.25, 0.3) is 21.2 Å². The second-order valence-corrected chi connectivity index (χ2v) is 9.17. The number of hydrogen-bond acceptors (Lipinski definition) is 5. The van der Waals surface area contributed by atoms with Crippen LogP contribution in [0.15, 0.2) is 71.5 Å². The van der Waals surface area contributed by atoms with Crippen molar-refractivity contribution >= 4 is 27.6 Å². The molecule has 0 fully saturated rings. The van der Waals surface area contributed by atoms with Gasteiger partial charge in [0.05, 0.1) is 16.7 Å². The molecule has 0 spiro atoms. The van der Waals surface area contributed by atoms with E-state index in [0.717, 1.165) is 22.4 Å². The summed E-state index contributed by atoms with van der Waals surface area (Å²) in [6, 6.07) is 18.0. The number of aliphatic carboxylic acids is 1. The maximum Gasteiger partial charge on any atom is 0.309 e. The summed E-state index contributed by atoms with van der Waals surface area (Å²) >= 11 is 1.20. The van der Waals surface area contributed by atoms with Gasteiger partial charge in [-0.05, 0) is 78.2 Å². The van der Waals surface area contributed by atoms with Crippen LogP contribution >= 0.6 is 11.5 Å². The quantitative estimate of drug-likeness (QED) is 0.332. The lowest BCUT2D eigenvalue weighted by Crippen LogP contribution is -2.29. The first-order valence-electron chi connectivity index (χ1n) is 11.2. The number of halogens is 2. The highest BCUT2D eigenvalue weighted by molar-refractivity contribution is 7.12. The molecule has 180 valence electrons. The van der Waals surface area contributed by atoms with Crippen molar-refractivity contribution in [2.75, 3.05) is 0 Å². The highest BCUT2D eigenvalue weighted by Crippen LogP contribution is 2.24. The van der Waals surface area contributed by atoms with Gasteiger partial charge in [0, 0.05) is 5.39 Å². The summed E-state index contributed by atoms with van der Waals surface area (Å²) in [5.74, 6) is -3.98. The first-order chi connectivity index (χ1) is 16.8. The van der Waals surface area contributed by atoms with Gasteiger partial charge < -0.3 is 10.2 Å². The minimum Gasteiger partial charge on any atom is -0.481 e. The van der Waals surface area contributed by atoms with Crippen molar-refractivity contribution in [3.8, 4) is 11.1 Å². The van der Waals surface area contributed by atoms with E-state index < -0.39 is 29.6 Å². The molecule has 5 nitrogen and oxygen atoms in total. The Kier molecular flexibility index (Phi) is 7.63. The number of carbonyl (C=O) groups is 1. The Balaban J connectivity index is 1.38. The molecule has 8 heteroatoms. The summed E-state index contributed by atoms with van der Waals surface area (Å²) < 4.78 is 31.7. The molecule has 2 N–H and O–H groups in total. The maximum absolute atomic E-state index is 13.5. The fourth-order valence-electron chi connectivity index (χ4n) is 4.02. The number of aromatic nitrogens is 1. The van der Waals surface area contributed by atoms with E-state index in [-0.39, 0.29) is 24.7 Å². The molecule has 0 bridgehead atoms. The van der Waals surface area contributed by atoms with Crippen LogP contribution in [-0.2, 0) is 17.6 Å². The molecule has 1 aromatic heterocycles. The SMILES string of the molecule is O=C(O)[C@@H](CCc1nsc2ccccc2c1=O)[C@H](O)CCc1ccc(-c2ccc(F)c(F)c2)cc1. The third kappa shape index (κ3) is 5.78. The summed E-state index contributed by atoms with van der Waals surface area (Å²) in [5.41, 5.74) is 2.23. The van der Waals surface area contributed by atoms with Crippen molar-refractivity contribution in [1.29, 1.82) is 0 Å². The first kappa shape index (κ1) is 24.6. The average Bonchev–Trinajstić information content (AvgIpc) is 2.86. The molecule has 0 aliphatic heterocycles. The topological polar surface area (TPSA) is 87.5 Å². The third-order valence-corrected chi connectivity index (χ3v) is 6.92. The zero-order valence-corrected chi connectivity index (χ0v) is 19.5. The molecule has 3 aromatic carbocycles. The lowest BCUT2D eigenvalue weighted by atomic mass is 9.91. The smallest absolute Gasteiger partial charge is 0.309 e. The number of carboxylic acid groups (broad SMARTS) is 1. The number of nitrogens with zero attached hydrogens (tertiary/aromatic N) is 1. The van der Waals surface area contributed by atoms with Crippen molar-refractivity contribution < 1.29 is 23.8 Å². The number of carboxylic acids is 1. The lowest BCUT2D eigenvalue weighted by Gasteiger charge is -2.19. The van der Waals surface area contributed by atoms with E-state index in [9.17, 15) is 28.6 Å². The van der Waals surface area contributed by atoms with Gasteiger partial charge in [-0.1, -0.05) is 42.5 Å². The summed E-state index contributed by atoms with van der Waals surface area (Å²) in [6.45, 7) is 0. The average molecular weight is 496 g/mol. The van der Waals surface area contributed by atoms with E-state index in [0.29, 0.717) is 28.6 Å². The molecule has 2 atom stereocenters. The third-order valence-electron chi connectivity index (χ3n) is 6.06. The largest absolute Gasteiger partial charge is 0.481 e. The van der Waals surface area contributed by atoms with E-state index in [1.165, 1.54) is 17.6 Å². The molecule has 0 radical (unpaired) electrons. The van der Waals surface area contributed by atoms with Crippen molar-refractivity contribution in [3.63, 3.8) is 0 Å². The van der Waals surface area contributed by atoms with E-state index in [1.54, 1.807) is 24.3 Å². The van der Waals surface area contributed by atoms with E-state index in [2.05, 4.69) is 4.37 Å². The zero-order valence-electron chi connectivity index (χ0n) is 18.7. The second-order valence-electron chi connectivity index (χ2n) is 8.37. The zero-order chi connectivity index (χ0) is 24.9. The number of aliphatic hydroxyl groups excluding tert-OH is 1. The summed E-state index contributed by atoms with van der Waals surface area (Å²) in [5, 5.41) is 20.8. The van der Waals surface area contributed by atoms with Gasteiger partial charge in [0.25, 0.3) is 0 Å². The fourth-order valence-corrected chi connectivity index (χ4v) is 4.80. The van der Waals surface area contributed by atoms with Gasteiger partial charge in [0.15, 0.2) is 11.6 Å². The number of hydrogen-bond donors (Lipinski definition) is 2. The standard InChI is InChI=1S/C27H23F2NO4S/c28-21-12-10-18(15-22(21)29)17-8-5-16(6-9-17)7-14-24(31)19(27(33)34)11-13-23-26(32)20-3-1-2-4-25(20)35-30-23/h1-6,8-10,12,15,19,24,31H,7,11,13-14H2,(H,33,34)/t19-,24+/m0/s1. The maximum atomic E-state index is 13.5. The molecule has 0 saturated carbocycles. The molecule has 0 amide bonds. The molecule has 35 heavy (non-hydrogen) atoms. The summed E-state index contributed by atoms with van der Waals surface area (Å²) in [4.78, 5) is 24.5. The number of fused-ring (bicyclic) bond motifs is 1. The number of benzene rings is 3. The molecule has 0 aliphatic carbocycles. The van der Waals surface area contributed by atoms with Crippen LogP contribution in [0, 0.1) is 17.6 Å². The highest BCUT2D eigenvalue weighted by atomic mass is 32.1.